The molecule has 94 valence electrons. The van der Waals surface area contributed by atoms with Crippen molar-refractivity contribution >= 4 is 5.97 Å². The Labute approximate surface area is 104 Å². The third-order valence-electron chi connectivity index (χ3n) is 2.42. The van der Waals surface area contributed by atoms with Crippen LogP contribution < -0.4 is 4.74 Å². The Balaban J connectivity index is 2.22. The molecule has 0 bridgehead atoms. The maximum Gasteiger partial charge on any atom is 0.338 e. The van der Waals surface area contributed by atoms with Gasteiger partial charge in [-0.2, -0.15) is 5.10 Å². The molecule has 1 N–H and O–H groups in total. The Bertz CT molecular complexity index is 578. The van der Waals surface area contributed by atoms with Crippen molar-refractivity contribution in [2.24, 2.45) is 0 Å². The summed E-state index contributed by atoms with van der Waals surface area (Å²) in [6.07, 6.45) is 2.79. The van der Waals surface area contributed by atoms with Crippen molar-refractivity contribution in [2.45, 2.75) is 13.5 Å². The fraction of sp³-hybridized carbons (Fsp3) is 0.250. The first-order chi connectivity index (χ1) is 8.58. The van der Waals surface area contributed by atoms with E-state index >= 15 is 0 Å². The van der Waals surface area contributed by atoms with Gasteiger partial charge in [-0.25, -0.2) is 4.79 Å². The van der Waals surface area contributed by atoms with Gasteiger partial charge in [-0.1, -0.05) is 0 Å². The van der Waals surface area contributed by atoms with Crippen LogP contribution in [0.2, 0.25) is 0 Å². The second-order valence-corrected chi connectivity index (χ2v) is 3.87. The van der Waals surface area contributed by atoms with Gasteiger partial charge < -0.3 is 9.84 Å². The third-order valence-corrected chi connectivity index (χ3v) is 2.42. The van der Waals surface area contributed by atoms with Crippen LogP contribution >= 0.6 is 0 Å². The summed E-state index contributed by atoms with van der Waals surface area (Å²) in [5, 5.41) is 12.8. The largest absolute Gasteiger partial charge is 0.497 e. The molecule has 0 radical (unpaired) electrons. The summed E-state index contributed by atoms with van der Waals surface area (Å²) in [6, 6.07) is 3.63. The van der Waals surface area contributed by atoms with Gasteiger partial charge in [0.1, 0.15) is 5.75 Å². The average molecular weight is 247 g/mol. The van der Waals surface area contributed by atoms with Crippen LogP contribution in [0.1, 0.15) is 21.7 Å². The Morgan fingerprint density at radius 3 is 2.89 bits per heavy atom. The van der Waals surface area contributed by atoms with Gasteiger partial charge in [0.25, 0.3) is 0 Å². The molecule has 0 aliphatic heterocycles. The number of pyridine rings is 1. The molecule has 0 aromatic carbocycles. The van der Waals surface area contributed by atoms with Gasteiger partial charge in [0.05, 0.1) is 31.1 Å². The first-order valence-electron chi connectivity index (χ1n) is 5.36. The highest BCUT2D eigenvalue weighted by Crippen LogP contribution is 2.14. The van der Waals surface area contributed by atoms with E-state index < -0.39 is 5.97 Å². The van der Waals surface area contributed by atoms with E-state index in [4.69, 9.17) is 9.84 Å². The summed E-state index contributed by atoms with van der Waals surface area (Å²) in [6.45, 7) is 2.28. The van der Waals surface area contributed by atoms with Crippen LogP contribution in [0.3, 0.4) is 0 Å². The van der Waals surface area contributed by atoms with E-state index in [2.05, 4.69) is 10.1 Å². The number of methoxy groups -OCH3 is 1. The number of ether oxygens (including phenoxy) is 1. The van der Waals surface area contributed by atoms with Crippen LogP contribution in [-0.4, -0.2) is 33.0 Å². The minimum atomic E-state index is -0.990. The van der Waals surface area contributed by atoms with Gasteiger partial charge in [-0.3, -0.25) is 9.67 Å². The second kappa shape index (κ2) is 4.87. The molecule has 6 heteroatoms. The van der Waals surface area contributed by atoms with Gasteiger partial charge in [0.2, 0.25) is 0 Å². The van der Waals surface area contributed by atoms with Crippen molar-refractivity contribution in [1.82, 2.24) is 14.8 Å². The summed E-state index contributed by atoms with van der Waals surface area (Å²) in [7, 11) is 1.59. The number of rotatable bonds is 4. The van der Waals surface area contributed by atoms with E-state index in [1.807, 2.05) is 13.0 Å². The highest BCUT2D eigenvalue weighted by molar-refractivity contribution is 5.86. The van der Waals surface area contributed by atoms with Gasteiger partial charge >= 0.3 is 5.97 Å². The number of aromatic carboxylic acids is 1. The van der Waals surface area contributed by atoms with Crippen LogP contribution in [-0.2, 0) is 6.54 Å². The lowest BCUT2D eigenvalue weighted by Gasteiger charge is -2.06. The minimum absolute atomic E-state index is 0.162. The Kier molecular flexibility index (Phi) is 3.27. The lowest BCUT2D eigenvalue weighted by atomic mass is 10.3. The van der Waals surface area contributed by atoms with Gasteiger partial charge in [-0.15, -0.1) is 0 Å². The Morgan fingerprint density at radius 2 is 2.28 bits per heavy atom. The van der Waals surface area contributed by atoms with Gasteiger partial charge in [0, 0.05) is 24.0 Å². The monoisotopic (exact) mass is 247 g/mol. The molecule has 6 nitrogen and oxygen atoms in total. The minimum Gasteiger partial charge on any atom is -0.497 e. The molecule has 0 atom stereocenters. The fourth-order valence-corrected chi connectivity index (χ4v) is 1.63. The smallest absolute Gasteiger partial charge is 0.338 e. The zero-order valence-electron chi connectivity index (χ0n) is 10.1. The Morgan fingerprint density at radius 1 is 1.50 bits per heavy atom. The summed E-state index contributed by atoms with van der Waals surface area (Å²) in [5.41, 5.74) is 1.77. The first kappa shape index (κ1) is 12.1. The molecule has 0 spiro atoms. The number of aryl methyl sites for hydroxylation is 1. The van der Waals surface area contributed by atoms with Crippen molar-refractivity contribution in [3.05, 3.63) is 41.5 Å². The number of carbonyl (C=O) groups is 1. The topological polar surface area (TPSA) is 77.2 Å². The molecule has 18 heavy (non-hydrogen) atoms. The fourth-order valence-electron chi connectivity index (χ4n) is 1.63. The van der Waals surface area contributed by atoms with Crippen molar-refractivity contribution < 1.29 is 14.6 Å². The molecular weight excluding hydrogens is 234 g/mol. The van der Waals surface area contributed by atoms with Gasteiger partial charge in [-0.05, 0) is 6.92 Å². The van der Waals surface area contributed by atoms with Crippen LogP contribution in [0.25, 0.3) is 0 Å². The zero-order valence-corrected chi connectivity index (χ0v) is 10.1. The molecule has 2 heterocycles. The molecule has 2 aromatic heterocycles. The SMILES string of the molecule is COc1cc(C)nc(Cn2cc(C(=O)O)cn2)c1. The van der Waals surface area contributed by atoms with Crippen molar-refractivity contribution in [1.29, 1.82) is 0 Å². The molecule has 0 aliphatic carbocycles. The number of aromatic nitrogens is 3. The molecule has 0 aliphatic rings. The van der Waals surface area contributed by atoms with Crippen molar-refractivity contribution in [3.8, 4) is 5.75 Å². The molecule has 0 saturated carbocycles. The maximum atomic E-state index is 10.7. The standard InChI is InChI=1S/C12H13N3O3/c1-8-3-11(18-2)4-10(14-8)7-15-6-9(5-13-15)12(16)17/h3-6H,7H2,1-2H3,(H,16,17). The van der Waals surface area contributed by atoms with Crippen LogP contribution in [0.15, 0.2) is 24.5 Å². The maximum absolute atomic E-state index is 10.7. The van der Waals surface area contributed by atoms with E-state index in [9.17, 15) is 4.79 Å². The molecular formula is C12H13N3O3. The summed E-state index contributed by atoms with van der Waals surface area (Å²) < 4.78 is 6.69. The average Bonchev–Trinajstić information content (AvgIpc) is 2.76. The molecule has 0 unspecified atom stereocenters. The predicted octanol–water partition coefficient (Wildman–Crippen LogP) is 1.34. The number of carboxylic acid groups (broad SMARTS) is 1. The number of nitrogens with zero attached hydrogens (tertiary/aromatic N) is 3. The molecule has 0 saturated heterocycles. The molecule has 0 fully saturated rings. The third kappa shape index (κ3) is 2.65. The second-order valence-electron chi connectivity index (χ2n) is 3.87. The van der Waals surface area contributed by atoms with Gasteiger partial charge in [0.15, 0.2) is 0 Å². The Hall–Kier alpha value is -2.37. The van der Waals surface area contributed by atoms with Crippen molar-refractivity contribution in [2.75, 3.05) is 7.11 Å². The molecule has 0 amide bonds. The lowest BCUT2D eigenvalue weighted by Crippen LogP contribution is -2.04. The van der Waals surface area contributed by atoms with Crippen LogP contribution in [0.5, 0.6) is 5.75 Å². The number of hydrogen-bond donors (Lipinski definition) is 1. The van der Waals surface area contributed by atoms with Crippen LogP contribution in [0, 0.1) is 6.92 Å². The number of hydrogen-bond acceptors (Lipinski definition) is 4. The highest BCUT2D eigenvalue weighted by atomic mass is 16.5. The normalized spacial score (nSPS) is 10.3. The van der Waals surface area contributed by atoms with E-state index in [1.165, 1.54) is 17.1 Å². The highest BCUT2D eigenvalue weighted by Gasteiger charge is 2.07. The molecule has 2 rings (SSSR count). The van der Waals surface area contributed by atoms with E-state index in [0.717, 1.165) is 17.1 Å². The molecule has 2 aromatic rings. The van der Waals surface area contributed by atoms with E-state index in [-0.39, 0.29) is 5.56 Å². The number of carboxylic acids is 1. The van der Waals surface area contributed by atoms with Crippen LogP contribution in [0.4, 0.5) is 0 Å². The summed E-state index contributed by atoms with van der Waals surface area (Å²) >= 11 is 0. The summed E-state index contributed by atoms with van der Waals surface area (Å²) in [4.78, 5) is 15.1. The van der Waals surface area contributed by atoms with E-state index in [0.29, 0.717) is 6.54 Å². The quantitative estimate of drug-likeness (QED) is 0.882. The predicted molar refractivity (Wildman–Crippen MR) is 63.8 cm³/mol. The summed E-state index contributed by atoms with van der Waals surface area (Å²) in [5.74, 6) is -0.265. The first-order valence-corrected chi connectivity index (χ1v) is 5.36. The van der Waals surface area contributed by atoms with Crippen molar-refractivity contribution in [3.63, 3.8) is 0 Å². The lowest BCUT2D eigenvalue weighted by molar-refractivity contribution is 0.0697. The zero-order chi connectivity index (χ0) is 13.1. The van der Waals surface area contributed by atoms with E-state index in [1.54, 1.807) is 13.2 Å².